The van der Waals surface area contributed by atoms with E-state index < -0.39 is 11.7 Å². The predicted molar refractivity (Wildman–Crippen MR) is 114 cm³/mol. The molecule has 3 heterocycles. The first-order valence-electron chi connectivity index (χ1n) is 10.6. The number of alkyl halides is 3. The van der Waals surface area contributed by atoms with Crippen molar-refractivity contribution < 1.29 is 13.2 Å². The van der Waals surface area contributed by atoms with Crippen LogP contribution < -0.4 is 10.6 Å². The molecular weight excluding hydrogens is 419 g/mol. The van der Waals surface area contributed by atoms with Crippen molar-refractivity contribution in [3.8, 4) is 0 Å². The van der Waals surface area contributed by atoms with Crippen LogP contribution in [0.4, 0.5) is 30.6 Å². The second-order valence-electron chi connectivity index (χ2n) is 8.46. The number of fused-ring (bicyclic) bond motifs is 1. The topological polar surface area (TPSA) is 70.9 Å². The van der Waals surface area contributed by atoms with Gasteiger partial charge in [-0.2, -0.15) is 23.3 Å². The van der Waals surface area contributed by atoms with Crippen molar-refractivity contribution in [2.75, 3.05) is 17.2 Å². The minimum atomic E-state index is -4.50. The minimum absolute atomic E-state index is 0.0494. The Hall–Kier alpha value is -3.14. The van der Waals surface area contributed by atoms with Crippen molar-refractivity contribution in [3.05, 3.63) is 59.0 Å². The van der Waals surface area contributed by atoms with Gasteiger partial charge < -0.3 is 10.6 Å². The van der Waals surface area contributed by atoms with E-state index in [1.165, 1.54) is 16.7 Å². The fourth-order valence-electron chi connectivity index (χ4n) is 3.95. The number of nitrogens with one attached hydrogen (secondary N) is 2. The van der Waals surface area contributed by atoms with Gasteiger partial charge in [0, 0.05) is 56.4 Å². The van der Waals surface area contributed by atoms with E-state index in [4.69, 9.17) is 0 Å². The van der Waals surface area contributed by atoms with E-state index in [0.717, 1.165) is 50.8 Å². The largest absolute Gasteiger partial charge is 0.421 e. The third kappa shape index (κ3) is 4.69. The first-order valence-corrected chi connectivity index (χ1v) is 10.6. The molecule has 168 valence electrons. The molecule has 5 rings (SSSR count). The summed E-state index contributed by atoms with van der Waals surface area (Å²) in [6.07, 6.45) is 2.88. The molecule has 7 nitrogen and oxygen atoms in total. The van der Waals surface area contributed by atoms with Crippen LogP contribution in [-0.2, 0) is 32.7 Å². The van der Waals surface area contributed by atoms with E-state index in [9.17, 15) is 13.2 Å². The fourth-order valence-corrected chi connectivity index (χ4v) is 3.95. The molecular formula is C22H24F3N7. The van der Waals surface area contributed by atoms with Crippen LogP contribution in [0.3, 0.4) is 0 Å². The summed E-state index contributed by atoms with van der Waals surface area (Å²) in [7, 11) is 1.90. The Balaban J connectivity index is 1.32. The van der Waals surface area contributed by atoms with E-state index in [-0.39, 0.29) is 17.8 Å². The Morgan fingerprint density at radius 2 is 2.00 bits per heavy atom. The smallest absolute Gasteiger partial charge is 0.367 e. The number of aryl methyl sites for hydroxylation is 1. The van der Waals surface area contributed by atoms with E-state index in [2.05, 4.69) is 36.7 Å². The number of hydrogen-bond acceptors (Lipinski definition) is 6. The van der Waals surface area contributed by atoms with Crippen LogP contribution in [0.15, 0.2) is 36.8 Å². The number of rotatable bonds is 6. The maximum Gasteiger partial charge on any atom is 0.421 e. The third-order valence-corrected chi connectivity index (χ3v) is 5.73. The summed E-state index contributed by atoms with van der Waals surface area (Å²) in [5.74, 6) is -0.0257. The quantitative estimate of drug-likeness (QED) is 0.598. The van der Waals surface area contributed by atoms with Gasteiger partial charge in [0.1, 0.15) is 11.4 Å². The summed E-state index contributed by atoms with van der Waals surface area (Å²) in [4.78, 5) is 10.4. The Bertz CT molecular complexity index is 1120. The van der Waals surface area contributed by atoms with Gasteiger partial charge >= 0.3 is 6.18 Å². The number of benzene rings is 1. The lowest BCUT2D eigenvalue weighted by molar-refractivity contribution is -0.137. The highest BCUT2D eigenvalue weighted by atomic mass is 19.4. The molecule has 0 bridgehead atoms. The second-order valence-corrected chi connectivity index (χ2v) is 8.46. The molecule has 2 aromatic heterocycles. The lowest BCUT2D eigenvalue weighted by atomic mass is 9.99. The molecule has 0 saturated heterocycles. The lowest BCUT2D eigenvalue weighted by Crippen LogP contribution is -2.30. The van der Waals surface area contributed by atoms with Gasteiger partial charge in [-0.05, 0) is 42.5 Å². The molecule has 1 aliphatic heterocycles. The number of anilines is 3. The SMILES string of the molecule is Cn1cc(CN2CCc3ccc(Nc4ncc(C(F)(F)F)c(NC5CC5)n4)cc3C2)cn1. The molecule has 10 heteroatoms. The highest BCUT2D eigenvalue weighted by Gasteiger charge is 2.37. The highest BCUT2D eigenvalue weighted by Crippen LogP contribution is 2.36. The van der Waals surface area contributed by atoms with E-state index in [1.54, 1.807) is 4.68 Å². The molecule has 0 spiro atoms. The molecule has 2 aliphatic rings. The van der Waals surface area contributed by atoms with Gasteiger partial charge in [0.05, 0.1) is 6.20 Å². The fraction of sp³-hybridized carbons (Fsp3) is 0.409. The Morgan fingerprint density at radius 1 is 1.16 bits per heavy atom. The molecule has 1 fully saturated rings. The number of nitrogens with zero attached hydrogens (tertiary/aromatic N) is 5. The van der Waals surface area contributed by atoms with E-state index in [0.29, 0.717) is 0 Å². The zero-order valence-corrected chi connectivity index (χ0v) is 17.7. The summed E-state index contributed by atoms with van der Waals surface area (Å²) < 4.78 is 41.7. The summed E-state index contributed by atoms with van der Waals surface area (Å²) >= 11 is 0. The monoisotopic (exact) mass is 443 g/mol. The summed E-state index contributed by atoms with van der Waals surface area (Å²) in [6.45, 7) is 2.58. The minimum Gasteiger partial charge on any atom is -0.367 e. The predicted octanol–water partition coefficient (Wildman–Crippen LogP) is 4.11. The van der Waals surface area contributed by atoms with Crippen molar-refractivity contribution in [1.29, 1.82) is 0 Å². The van der Waals surface area contributed by atoms with Gasteiger partial charge in [0.15, 0.2) is 0 Å². The first-order chi connectivity index (χ1) is 15.3. The molecule has 0 unspecified atom stereocenters. The van der Waals surface area contributed by atoms with Gasteiger partial charge in [-0.25, -0.2) is 4.98 Å². The van der Waals surface area contributed by atoms with Crippen LogP contribution in [-0.4, -0.2) is 37.2 Å². The molecule has 1 aromatic carbocycles. The van der Waals surface area contributed by atoms with Crippen molar-refractivity contribution in [1.82, 2.24) is 24.6 Å². The lowest BCUT2D eigenvalue weighted by Gasteiger charge is -2.28. The van der Waals surface area contributed by atoms with Crippen LogP contribution in [0.5, 0.6) is 0 Å². The second kappa shape index (κ2) is 8.09. The van der Waals surface area contributed by atoms with Gasteiger partial charge in [-0.15, -0.1) is 0 Å². The molecule has 0 atom stereocenters. The Kier molecular flexibility index (Phi) is 5.24. The standard InChI is InChI=1S/C22H24F3N7/c1-31-11-14(9-27-31)12-32-7-6-15-2-3-18(8-16(15)13-32)29-21-26-10-19(22(23,24)25)20(30-21)28-17-4-5-17/h2-3,8-11,17H,4-7,12-13H2,1H3,(H2,26,28,29,30). The van der Waals surface area contributed by atoms with Crippen LogP contribution in [0.1, 0.15) is 35.1 Å². The van der Waals surface area contributed by atoms with E-state index in [1.807, 2.05) is 31.6 Å². The molecule has 1 saturated carbocycles. The van der Waals surface area contributed by atoms with Gasteiger partial charge in [0.25, 0.3) is 0 Å². The molecule has 1 aliphatic carbocycles. The number of aromatic nitrogens is 4. The van der Waals surface area contributed by atoms with Crippen molar-refractivity contribution in [3.63, 3.8) is 0 Å². The summed E-state index contributed by atoms with van der Waals surface area (Å²) in [5, 5.41) is 10.2. The summed E-state index contributed by atoms with van der Waals surface area (Å²) in [5.41, 5.74) is 3.55. The maximum absolute atomic E-state index is 13.3. The number of halogens is 3. The van der Waals surface area contributed by atoms with Gasteiger partial charge in [0.2, 0.25) is 5.95 Å². The summed E-state index contributed by atoms with van der Waals surface area (Å²) in [6, 6.07) is 6.06. The zero-order valence-electron chi connectivity index (χ0n) is 17.7. The normalized spacial score (nSPS) is 16.6. The van der Waals surface area contributed by atoms with Gasteiger partial charge in [-0.1, -0.05) is 6.07 Å². The maximum atomic E-state index is 13.3. The van der Waals surface area contributed by atoms with Crippen LogP contribution in [0, 0.1) is 0 Å². The van der Waals surface area contributed by atoms with Crippen LogP contribution >= 0.6 is 0 Å². The zero-order chi connectivity index (χ0) is 22.3. The van der Waals surface area contributed by atoms with Crippen LogP contribution in [0.2, 0.25) is 0 Å². The Labute approximate surface area is 183 Å². The molecule has 2 N–H and O–H groups in total. The van der Waals surface area contributed by atoms with E-state index >= 15 is 0 Å². The molecule has 0 radical (unpaired) electrons. The third-order valence-electron chi connectivity index (χ3n) is 5.73. The van der Waals surface area contributed by atoms with Gasteiger partial charge in [-0.3, -0.25) is 9.58 Å². The number of hydrogen-bond donors (Lipinski definition) is 2. The van der Waals surface area contributed by atoms with Crippen molar-refractivity contribution in [2.45, 2.75) is 44.6 Å². The Morgan fingerprint density at radius 3 is 2.72 bits per heavy atom. The van der Waals surface area contributed by atoms with Crippen molar-refractivity contribution >= 4 is 17.5 Å². The molecule has 3 aromatic rings. The van der Waals surface area contributed by atoms with Crippen LogP contribution in [0.25, 0.3) is 0 Å². The molecule has 32 heavy (non-hydrogen) atoms. The highest BCUT2D eigenvalue weighted by molar-refractivity contribution is 5.59. The molecule has 0 amide bonds. The van der Waals surface area contributed by atoms with Crippen molar-refractivity contribution in [2.24, 2.45) is 7.05 Å². The average molecular weight is 443 g/mol. The average Bonchev–Trinajstić information content (AvgIpc) is 3.46. The first kappa shape index (κ1) is 20.7.